The number of nitrogens with zero attached hydrogens (tertiary/aromatic N) is 1. The lowest BCUT2D eigenvalue weighted by atomic mass is 9.97. The number of amides is 2. The summed E-state index contributed by atoms with van der Waals surface area (Å²) >= 11 is 0. The number of likely N-dealkylation sites (tertiary alicyclic amines) is 1. The van der Waals surface area contributed by atoms with Gasteiger partial charge in [-0.3, -0.25) is 9.59 Å². The SMILES string of the molecule is C[C@@H](OC(=O)C1CCN(C(=O)OC(C)(C)C)CC1)C(=O)Nc1ccc(F)c(F)c1. The summed E-state index contributed by atoms with van der Waals surface area (Å²) in [5.41, 5.74) is -0.536. The van der Waals surface area contributed by atoms with Crippen LogP contribution in [0.2, 0.25) is 0 Å². The van der Waals surface area contributed by atoms with Gasteiger partial charge in [0.25, 0.3) is 5.91 Å². The van der Waals surface area contributed by atoms with E-state index in [0.717, 1.165) is 12.1 Å². The maximum atomic E-state index is 13.2. The van der Waals surface area contributed by atoms with Crippen LogP contribution in [0.5, 0.6) is 0 Å². The molecule has 0 saturated carbocycles. The second-order valence-electron chi connectivity index (χ2n) is 7.94. The summed E-state index contributed by atoms with van der Waals surface area (Å²) in [6.07, 6.45) is -0.742. The average Bonchev–Trinajstić information content (AvgIpc) is 2.63. The predicted molar refractivity (Wildman–Crippen MR) is 101 cm³/mol. The summed E-state index contributed by atoms with van der Waals surface area (Å²) in [4.78, 5) is 38.0. The number of carbonyl (C=O) groups is 3. The number of ether oxygens (including phenoxy) is 2. The molecule has 7 nitrogen and oxygen atoms in total. The molecule has 0 radical (unpaired) electrons. The second kappa shape index (κ2) is 9.19. The zero-order valence-corrected chi connectivity index (χ0v) is 17.0. The van der Waals surface area contributed by atoms with Gasteiger partial charge < -0.3 is 19.7 Å². The molecule has 1 N–H and O–H groups in total. The first-order valence-electron chi connectivity index (χ1n) is 9.40. The molecule has 1 fully saturated rings. The Balaban J connectivity index is 1.81. The number of esters is 1. The van der Waals surface area contributed by atoms with E-state index in [0.29, 0.717) is 25.9 Å². The molecule has 2 rings (SSSR count). The molecule has 1 aromatic rings. The summed E-state index contributed by atoms with van der Waals surface area (Å²) in [5.74, 6) is -3.76. The van der Waals surface area contributed by atoms with E-state index in [9.17, 15) is 23.2 Å². The lowest BCUT2D eigenvalue weighted by Crippen LogP contribution is -2.43. The normalized spacial score (nSPS) is 16.1. The zero-order chi connectivity index (χ0) is 21.8. The van der Waals surface area contributed by atoms with Gasteiger partial charge in [0.05, 0.1) is 5.92 Å². The van der Waals surface area contributed by atoms with Crippen molar-refractivity contribution < 1.29 is 32.6 Å². The molecular formula is C20H26F2N2O5. The zero-order valence-electron chi connectivity index (χ0n) is 17.0. The van der Waals surface area contributed by atoms with E-state index in [-0.39, 0.29) is 5.69 Å². The minimum absolute atomic E-state index is 0.0578. The number of hydrogen-bond donors (Lipinski definition) is 1. The van der Waals surface area contributed by atoms with E-state index in [1.165, 1.54) is 17.9 Å². The van der Waals surface area contributed by atoms with Crippen molar-refractivity contribution in [1.29, 1.82) is 0 Å². The summed E-state index contributed by atoms with van der Waals surface area (Å²) in [5, 5.41) is 2.37. The van der Waals surface area contributed by atoms with Gasteiger partial charge in [-0.25, -0.2) is 13.6 Å². The Morgan fingerprint density at radius 2 is 1.76 bits per heavy atom. The number of anilines is 1. The van der Waals surface area contributed by atoms with Crippen LogP contribution in [-0.2, 0) is 19.1 Å². The Bertz CT molecular complexity index is 771. The minimum atomic E-state index is -1.11. The fraction of sp³-hybridized carbons (Fsp3) is 0.550. The van der Waals surface area contributed by atoms with Gasteiger partial charge in [0, 0.05) is 24.8 Å². The van der Waals surface area contributed by atoms with E-state index < -0.39 is 47.2 Å². The van der Waals surface area contributed by atoms with Crippen LogP contribution < -0.4 is 5.32 Å². The van der Waals surface area contributed by atoms with Gasteiger partial charge in [-0.2, -0.15) is 0 Å². The summed E-state index contributed by atoms with van der Waals surface area (Å²) in [6, 6.07) is 2.94. The van der Waals surface area contributed by atoms with Crippen LogP contribution in [0.4, 0.5) is 19.3 Å². The number of benzene rings is 1. The Kier molecular flexibility index (Phi) is 7.16. The van der Waals surface area contributed by atoms with Crippen LogP contribution in [0.15, 0.2) is 18.2 Å². The van der Waals surface area contributed by atoms with E-state index in [1.807, 2.05) is 0 Å². The van der Waals surface area contributed by atoms with Crippen LogP contribution in [0, 0.1) is 17.6 Å². The molecule has 160 valence electrons. The Hall–Kier alpha value is -2.71. The van der Waals surface area contributed by atoms with Gasteiger partial charge in [-0.1, -0.05) is 0 Å². The summed E-state index contributed by atoms with van der Waals surface area (Å²) in [7, 11) is 0. The van der Waals surface area contributed by atoms with E-state index in [2.05, 4.69) is 5.32 Å². The first kappa shape index (κ1) is 22.6. The quantitative estimate of drug-likeness (QED) is 0.766. The van der Waals surface area contributed by atoms with E-state index in [4.69, 9.17) is 9.47 Å². The number of carbonyl (C=O) groups excluding carboxylic acids is 3. The molecule has 0 aromatic heterocycles. The van der Waals surface area contributed by atoms with Gasteiger partial charge >= 0.3 is 12.1 Å². The molecule has 2 amide bonds. The maximum absolute atomic E-state index is 13.2. The lowest BCUT2D eigenvalue weighted by molar-refractivity contribution is -0.158. The highest BCUT2D eigenvalue weighted by Gasteiger charge is 2.32. The van der Waals surface area contributed by atoms with Crippen molar-refractivity contribution in [3.63, 3.8) is 0 Å². The topological polar surface area (TPSA) is 84.9 Å². The summed E-state index contributed by atoms with van der Waals surface area (Å²) in [6.45, 7) is 7.43. The van der Waals surface area contributed by atoms with Gasteiger partial charge in [-0.15, -0.1) is 0 Å². The lowest BCUT2D eigenvalue weighted by Gasteiger charge is -2.32. The molecule has 1 saturated heterocycles. The van der Waals surface area contributed by atoms with Crippen LogP contribution in [0.1, 0.15) is 40.5 Å². The maximum Gasteiger partial charge on any atom is 0.410 e. The number of piperidine rings is 1. The fourth-order valence-electron chi connectivity index (χ4n) is 2.77. The molecule has 1 heterocycles. The first-order valence-corrected chi connectivity index (χ1v) is 9.40. The first-order chi connectivity index (χ1) is 13.5. The van der Waals surface area contributed by atoms with Gasteiger partial charge in [0.2, 0.25) is 0 Å². The molecule has 1 aliphatic heterocycles. The standard InChI is InChI=1S/C20H26F2N2O5/c1-12(17(25)23-14-5-6-15(21)16(22)11-14)28-18(26)13-7-9-24(10-8-13)19(27)29-20(2,3)4/h5-6,11-13H,7-10H2,1-4H3,(H,23,25)/t12-/m1/s1. The average molecular weight is 412 g/mol. The Labute approximate surface area is 168 Å². The van der Waals surface area contributed by atoms with E-state index >= 15 is 0 Å². The number of rotatable bonds is 4. The molecule has 1 aliphatic rings. The number of nitrogens with one attached hydrogen (secondary N) is 1. The van der Waals surface area contributed by atoms with Gasteiger partial charge in [0.1, 0.15) is 5.60 Å². The van der Waals surface area contributed by atoms with Crippen molar-refractivity contribution in [3.05, 3.63) is 29.8 Å². The predicted octanol–water partition coefficient (Wildman–Crippen LogP) is 3.48. The highest BCUT2D eigenvalue weighted by Crippen LogP contribution is 2.22. The van der Waals surface area contributed by atoms with Crippen LogP contribution in [0.25, 0.3) is 0 Å². The van der Waals surface area contributed by atoms with Gasteiger partial charge in [0.15, 0.2) is 17.7 Å². The highest BCUT2D eigenvalue weighted by molar-refractivity contribution is 5.95. The van der Waals surface area contributed by atoms with Crippen molar-refractivity contribution in [2.24, 2.45) is 5.92 Å². The van der Waals surface area contributed by atoms with Crippen molar-refractivity contribution in [2.75, 3.05) is 18.4 Å². The van der Waals surface area contributed by atoms with Crippen molar-refractivity contribution >= 4 is 23.7 Å². The highest BCUT2D eigenvalue weighted by atomic mass is 19.2. The molecular weight excluding hydrogens is 386 g/mol. The Morgan fingerprint density at radius 1 is 1.14 bits per heavy atom. The van der Waals surface area contributed by atoms with Crippen molar-refractivity contribution in [3.8, 4) is 0 Å². The number of halogens is 2. The third kappa shape index (κ3) is 6.69. The van der Waals surface area contributed by atoms with Crippen LogP contribution in [-0.4, -0.2) is 47.7 Å². The largest absolute Gasteiger partial charge is 0.452 e. The van der Waals surface area contributed by atoms with Crippen LogP contribution >= 0.6 is 0 Å². The van der Waals surface area contributed by atoms with E-state index in [1.54, 1.807) is 20.8 Å². The molecule has 1 atom stereocenters. The van der Waals surface area contributed by atoms with Gasteiger partial charge in [-0.05, 0) is 52.7 Å². The molecule has 29 heavy (non-hydrogen) atoms. The van der Waals surface area contributed by atoms with Crippen molar-refractivity contribution in [1.82, 2.24) is 4.90 Å². The third-order valence-corrected chi connectivity index (χ3v) is 4.33. The second-order valence-corrected chi connectivity index (χ2v) is 7.94. The fourth-order valence-corrected chi connectivity index (χ4v) is 2.77. The summed E-state index contributed by atoms with van der Waals surface area (Å²) < 4.78 is 36.7. The third-order valence-electron chi connectivity index (χ3n) is 4.33. The molecule has 0 aliphatic carbocycles. The molecule has 9 heteroatoms. The van der Waals surface area contributed by atoms with Crippen LogP contribution in [0.3, 0.4) is 0 Å². The minimum Gasteiger partial charge on any atom is -0.452 e. The molecule has 0 unspecified atom stereocenters. The number of hydrogen-bond acceptors (Lipinski definition) is 5. The monoisotopic (exact) mass is 412 g/mol. The molecule has 1 aromatic carbocycles. The Morgan fingerprint density at radius 3 is 2.31 bits per heavy atom. The van der Waals surface area contributed by atoms with Crippen molar-refractivity contribution in [2.45, 2.75) is 52.2 Å². The molecule has 0 bridgehead atoms. The molecule has 0 spiro atoms. The smallest absolute Gasteiger partial charge is 0.410 e.